The molecule has 1 aromatic carbocycles. The zero-order valence-electron chi connectivity index (χ0n) is 17.7. The van der Waals surface area contributed by atoms with Gasteiger partial charge in [-0.1, -0.05) is 25.1 Å². The van der Waals surface area contributed by atoms with Crippen LogP contribution in [-0.2, 0) is 24.2 Å². The zero-order valence-corrected chi connectivity index (χ0v) is 17.7. The van der Waals surface area contributed by atoms with Crippen LogP contribution in [0.2, 0.25) is 0 Å². The molecule has 1 unspecified atom stereocenters. The first-order chi connectivity index (χ1) is 14.2. The Morgan fingerprint density at radius 3 is 3.03 bits per heavy atom. The molecule has 0 saturated carbocycles. The van der Waals surface area contributed by atoms with Crippen LogP contribution in [0.25, 0.3) is 0 Å². The summed E-state index contributed by atoms with van der Waals surface area (Å²) in [6.45, 7) is 5.83. The zero-order chi connectivity index (χ0) is 20.5. The van der Waals surface area contributed by atoms with Gasteiger partial charge in [0.1, 0.15) is 17.9 Å². The number of methoxy groups -OCH3 is 1. The molecular formula is C21H32N6O2. The summed E-state index contributed by atoms with van der Waals surface area (Å²) in [6.07, 6.45) is 5.06. The molecule has 0 amide bonds. The van der Waals surface area contributed by atoms with Crippen LogP contribution in [-0.4, -0.2) is 65.6 Å². The van der Waals surface area contributed by atoms with Gasteiger partial charge in [0, 0.05) is 45.3 Å². The smallest absolute Gasteiger partial charge is 0.194 e. The third-order valence-corrected chi connectivity index (χ3v) is 5.08. The van der Waals surface area contributed by atoms with E-state index in [4.69, 9.17) is 14.5 Å². The molecule has 29 heavy (non-hydrogen) atoms. The SMILES string of the molecule is CCc1nncn1CCNC(=NCC1CCCO1)N(C)Cc1ccccc1OC. The molecule has 0 spiro atoms. The summed E-state index contributed by atoms with van der Waals surface area (Å²) in [5.41, 5.74) is 1.12. The fourth-order valence-electron chi connectivity index (χ4n) is 3.48. The maximum absolute atomic E-state index is 5.74. The average molecular weight is 401 g/mol. The molecule has 1 fully saturated rings. The molecule has 2 heterocycles. The molecule has 0 radical (unpaired) electrons. The topological polar surface area (TPSA) is 76.8 Å². The lowest BCUT2D eigenvalue weighted by molar-refractivity contribution is 0.117. The largest absolute Gasteiger partial charge is 0.496 e. The normalized spacial score (nSPS) is 16.8. The van der Waals surface area contributed by atoms with Crippen molar-refractivity contribution in [2.45, 2.75) is 45.4 Å². The van der Waals surface area contributed by atoms with Gasteiger partial charge in [-0.3, -0.25) is 4.99 Å². The van der Waals surface area contributed by atoms with Crippen LogP contribution in [0.3, 0.4) is 0 Å². The van der Waals surface area contributed by atoms with Gasteiger partial charge in [-0.2, -0.15) is 0 Å². The Morgan fingerprint density at radius 2 is 2.28 bits per heavy atom. The molecular weight excluding hydrogens is 368 g/mol. The lowest BCUT2D eigenvalue weighted by atomic mass is 10.2. The molecule has 3 rings (SSSR count). The van der Waals surface area contributed by atoms with E-state index in [9.17, 15) is 0 Å². The van der Waals surface area contributed by atoms with Crippen molar-refractivity contribution in [2.24, 2.45) is 4.99 Å². The van der Waals surface area contributed by atoms with Crippen LogP contribution < -0.4 is 10.1 Å². The van der Waals surface area contributed by atoms with Crippen LogP contribution in [0.5, 0.6) is 5.75 Å². The number of aliphatic imine (C=N–C) groups is 1. The second kappa shape index (κ2) is 10.8. The number of ether oxygens (including phenoxy) is 2. The first kappa shape index (κ1) is 21.1. The average Bonchev–Trinajstić information content (AvgIpc) is 3.42. The molecule has 0 bridgehead atoms. The number of hydrogen-bond donors (Lipinski definition) is 1. The number of nitrogens with zero attached hydrogens (tertiary/aromatic N) is 5. The highest BCUT2D eigenvalue weighted by atomic mass is 16.5. The highest BCUT2D eigenvalue weighted by Gasteiger charge is 2.16. The van der Waals surface area contributed by atoms with E-state index in [-0.39, 0.29) is 6.10 Å². The molecule has 0 aliphatic carbocycles. The number of aromatic nitrogens is 3. The highest BCUT2D eigenvalue weighted by molar-refractivity contribution is 5.79. The first-order valence-corrected chi connectivity index (χ1v) is 10.3. The van der Waals surface area contributed by atoms with Crippen LogP contribution in [0, 0.1) is 0 Å². The summed E-state index contributed by atoms with van der Waals surface area (Å²) in [5.74, 6) is 2.74. The maximum Gasteiger partial charge on any atom is 0.194 e. The van der Waals surface area contributed by atoms with Crippen molar-refractivity contribution in [3.05, 3.63) is 42.0 Å². The maximum atomic E-state index is 5.74. The van der Waals surface area contributed by atoms with Gasteiger partial charge in [0.2, 0.25) is 0 Å². The minimum atomic E-state index is 0.219. The van der Waals surface area contributed by atoms with Gasteiger partial charge >= 0.3 is 0 Å². The van der Waals surface area contributed by atoms with Gasteiger partial charge in [0.05, 0.1) is 19.8 Å². The van der Waals surface area contributed by atoms with E-state index < -0.39 is 0 Å². The highest BCUT2D eigenvalue weighted by Crippen LogP contribution is 2.19. The number of benzene rings is 1. The van der Waals surface area contributed by atoms with E-state index in [1.165, 1.54) is 0 Å². The summed E-state index contributed by atoms with van der Waals surface area (Å²) in [4.78, 5) is 6.97. The summed E-state index contributed by atoms with van der Waals surface area (Å²) in [5, 5.41) is 11.6. The van der Waals surface area contributed by atoms with E-state index in [0.29, 0.717) is 13.1 Å². The molecule has 2 aromatic rings. The molecule has 158 valence electrons. The number of rotatable bonds is 9. The van der Waals surface area contributed by atoms with Crippen molar-refractivity contribution in [1.82, 2.24) is 25.0 Å². The number of hydrogen-bond acceptors (Lipinski definition) is 5. The third-order valence-electron chi connectivity index (χ3n) is 5.08. The standard InChI is InChI=1S/C21H32N6O2/c1-4-20-25-24-16-27(20)12-11-22-21(23-14-18-9-7-13-29-18)26(2)15-17-8-5-6-10-19(17)28-3/h5-6,8,10,16,18H,4,7,9,11-15H2,1-3H3,(H,22,23). The van der Waals surface area contributed by atoms with Crippen LogP contribution >= 0.6 is 0 Å². The summed E-state index contributed by atoms with van der Waals surface area (Å²) >= 11 is 0. The lowest BCUT2D eigenvalue weighted by Gasteiger charge is -2.24. The Balaban J connectivity index is 1.65. The van der Waals surface area contributed by atoms with Crippen molar-refractivity contribution in [1.29, 1.82) is 0 Å². The van der Waals surface area contributed by atoms with Gasteiger partial charge in [-0.05, 0) is 18.9 Å². The number of guanidine groups is 1. The van der Waals surface area contributed by atoms with E-state index in [0.717, 1.165) is 62.1 Å². The van der Waals surface area contributed by atoms with E-state index in [1.807, 2.05) is 25.2 Å². The van der Waals surface area contributed by atoms with Gasteiger partial charge in [0.15, 0.2) is 5.96 Å². The molecule has 1 aromatic heterocycles. The quantitative estimate of drug-likeness (QED) is 0.513. The fourth-order valence-corrected chi connectivity index (χ4v) is 3.48. The minimum absolute atomic E-state index is 0.219. The number of para-hydroxylation sites is 1. The summed E-state index contributed by atoms with van der Waals surface area (Å²) < 4.78 is 13.3. The van der Waals surface area contributed by atoms with Crippen molar-refractivity contribution in [3.8, 4) is 5.75 Å². The van der Waals surface area contributed by atoms with Crippen LogP contribution in [0.15, 0.2) is 35.6 Å². The van der Waals surface area contributed by atoms with Crippen LogP contribution in [0.4, 0.5) is 0 Å². The Bertz CT molecular complexity index is 785. The molecule has 1 aliphatic rings. The molecule has 8 nitrogen and oxygen atoms in total. The molecule has 8 heteroatoms. The van der Waals surface area contributed by atoms with E-state index in [1.54, 1.807) is 13.4 Å². The van der Waals surface area contributed by atoms with E-state index in [2.05, 4.69) is 38.0 Å². The van der Waals surface area contributed by atoms with E-state index >= 15 is 0 Å². The van der Waals surface area contributed by atoms with Crippen molar-refractivity contribution in [2.75, 3.05) is 33.9 Å². The predicted octanol–water partition coefficient (Wildman–Crippen LogP) is 2.11. The lowest BCUT2D eigenvalue weighted by Crippen LogP contribution is -2.40. The van der Waals surface area contributed by atoms with Crippen LogP contribution in [0.1, 0.15) is 31.2 Å². The second-order valence-electron chi connectivity index (χ2n) is 7.19. The van der Waals surface area contributed by atoms with Crippen molar-refractivity contribution in [3.63, 3.8) is 0 Å². The Hall–Kier alpha value is -2.61. The third kappa shape index (κ3) is 5.93. The molecule has 1 atom stereocenters. The molecule has 1 aliphatic heterocycles. The first-order valence-electron chi connectivity index (χ1n) is 10.3. The Labute approximate surface area is 172 Å². The Morgan fingerprint density at radius 1 is 1.41 bits per heavy atom. The summed E-state index contributed by atoms with van der Waals surface area (Å²) in [6, 6.07) is 8.08. The van der Waals surface area contributed by atoms with Crippen molar-refractivity contribution < 1.29 is 9.47 Å². The van der Waals surface area contributed by atoms with Gasteiger partial charge < -0.3 is 24.3 Å². The minimum Gasteiger partial charge on any atom is -0.496 e. The molecule has 1 saturated heterocycles. The Kier molecular flexibility index (Phi) is 7.86. The second-order valence-corrected chi connectivity index (χ2v) is 7.19. The number of nitrogens with one attached hydrogen (secondary N) is 1. The van der Waals surface area contributed by atoms with Crippen molar-refractivity contribution >= 4 is 5.96 Å². The van der Waals surface area contributed by atoms with Gasteiger partial charge in [-0.15, -0.1) is 10.2 Å². The van der Waals surface area contributed by atoms with Gasteiger partial charge in [0.25, 0.3) is 0 Å². The monoisotopic (exact) mass is 400 g/mol. The predicted molar refractivity (Wildman–Crippen MR) is 113 cm³/mol. The molecule has 1 N–H and O–H groups in total. The summed E-state index contributed by atoms with van der Waals surface area (Å²) in [7, 11) is 3.75. The fraction of sp³-hybridized carbons (Fsp3) is 0.571. The number of aryl methyl sites for hydroxylation is 1. The van der Waals surface area contributed by atoms with Gasteiger partial charge in [-0.25, -0.2) is 0 Å².